The largest absolute Gasteiger partial charge is 0.496 e. The van der Waals surface area contributed by atoms with Crippen LogP contribution in [0.1, 0.15) is 10.4 Å². The number of fused-ring (bicyclic) bond motifs is 1. The van der Waals surface area contributed by atoms with Crippen LogP contribution in [0.2, 0.25) is 0 Å². The Morgan fingerprint density at radius 2 is 1.91 bits per heavy atom. The minimum atomic E-state index is -0.507. The smallest absolute Gasteiger partial charge is 0.344 e. The first-order valence-electron chi connectivity index (χ1n) is 6.86. The molecule has 1 amide bonds. The third-order valence-corrected chi connectivity index (χ3v) is 3.52. The van der Waals surface area contributed by atoms with Gasteiger partial charge < -0.3 is 9.15 Å². The maximum atomic E-state index is 12.3. The quantitative estimate of drug-likeness (QED) is 0.334. The van der Waals surface area contributed by atoms with Gasteiger partial charge in [-0.15, -0.1) is 0 Å². The van der Waals surface area contributed by atoms with Crippen molar-refractivity contribution in [3.05, 3.63) is 64.5 Å². The molecule has 0 unspecified atom stereocenters. The lowest BCUT2D eigenvalue weighted by atomic mass is 10.0. The second-order valence-electron chi connectivity index (χ2n) is 4.87. The lowest BCUT2D eigenvalue weighted by molar-refractivity contribution is 0.0953. The SMILES string of the molecule is COc1ccc(C(=O)NN)cc1-c1cc2ccccc2oc1=O. The van der Waals surface area contributed by atoms with Crippen molar-refractivity contribution in [1.29, 1.82) is 0 Å². The van der Waals surface area contributed by atoms with Crippen LogP contribution in [-0.4, -0.2) is 13.0 Å². The Labute approximate surface area is 131 Å². The number of hydrogen-bond donors (Lipinski definition) is 2. The van der Waals surface area contributed by atoms with Gasteiger partial charge in [-0.3, -0.25) is 10.2 Å². The second kappa shape index (κ2) is 5.94. The summed E-state index contributed by atoms with van der Waals surface area (Å²) >= 11 is 0. The number of nitrogen functional groups attached to an aromatic ring is 1. The fourth-order valence-corrected chi connectivity index (χ4v) is 2.39. The summed E-state index contributed by atoms with van der Waals surface area (Å²) in [7, 11) is 1.49. The van der Waals surface area contributed by atoms with Gasteiger partial charge in [-0.05, 0) is 30.3 Å². The van der Waals surface area contributed by atoms with Crippen LogP contribution in [0.4, 0.5) is 0 Å². The maximum Gasteiger partial charge on any atom is 0.344 e. The third kappa shape index (κ3) is 2.67. The van der Waals surface area contributed by atoms with Gasteiger partial charge in [-0.25, -0.2) is 10.6 Å². The number of hydrogen-bond acceptors (Lipinski definition) is 5. The zero-order chi connectivity index (χ0) is 16.4. The molecule has 2 aromatic carbocycles. The van der Waals surface area contributed by atoms with Gasteiger partial charge in [0.2, 0.25) is 0 Å². The fraction of sp³-hybridized carbons (Fsp3) is 0.0588. The van der Waals surface area contributed by atoms with Gasteiger partial charge in [0, 0.05) is 16.5 Å². The van der Waals surface area contributed by atoms with Gasteiger partial charge >= 0.3 is 5.63 Å². The van der Waals surface area contributed by atoms with E-state index in [2.05, 4.69) is 5.43 Å². The summed E-state index contributed by atoms with van der Waals surface area (Å²) in [5.41, 5.74) is 3.14. The molecule has 0 saturated heterocycles. The minimum absolute atomic E-state index is 0.312. The molecule has 116 valence electrons. The zero-order valence-corrected chi connectivity index (χ0v) is 12.3. The molecule has 0 aliphatic rings. The maximum absolute atomic E-state index is 12.3. The number of nitrogens with two attached hydrogens (primary N) is 1. The molecular weight excluding hydrogens is 296 g/mol. The van der Waals surface area contributed by atoms with Crippen molar-refractivity contribution in [1.82, 2.24) is 5.43 Å². The molecule has 1 heterocycles. The van der Waals surface area contributed by atoms with Gasteiger partial charge in [0.25, 0.3) is 5.91 Å². The van der Waals surface area contributed by atoms with Gasteiger partial charge in [-0.2, -0.15) is 0 Å². The molecule has 0 atom stereocenters. The first-order chi connectivity index (χ1) is 11.1. The van der Waals surface area contributed by atoms with Crippen LogP contribution in [0.25, 0.3) is 22.1 Å². The van der Waals surface area contributed by atoms with Crippen LogP contribution in [0.3, 0.4) is 0 Å². The van der Waals surface area contributed by atoms with Crippen molar-refractivity contribution < 1.29 is 13.9 Å². The van der Waals surface area contributed by atoms with E-state index < -0.39 is 11.5 Å². The number of methoxy groups -OCH3 is 1. The summed E-state index contributed by atoms with van der Waals surface area (Å²) in [6, 6.07) is 13.6. The van der Waals surface area contributed by atoms with Crippen LogP contribution < -0.4 is 21.6 Å². The highest BCUT2D eigenvalue weighted by Gasteiger charge is 2.15. The first kappa shape index (κ1) is 14.8. The molecule has 0 radical (unpaired) electrons. The monoisotopic (exact) mass is 310 g/mol. The summed E-state index contributed by atoms with van der Waals surface area (Å²) in [4.78, 5) is 24.0. The number of nitrogens with one attached hydrogen (secondary N) is 1. The Bertz CT molecular complexity index is 947. The van der Waals surface area contributed by atoms with E-state index in [1.165, 1.54) is 7.11 Å². The Kier molecular flexibility index (Phi) is 3.82. The summed E-state index contributed by atoms with van der Waals surface area (Å²) < 4.78 is 10.6. The van der Waals surface area contributed by atoms with E-state index in [1.807, 2.05) is 12.1 Å². The Morgan fingerprint density at radius 3 is 2.65 bits per heavy atom. The van der Waals surface area contributed by atoms with Crippen molar-refractivity contribution in [2.45, 2.75) is 0 Å². The summed E-state index contributed by atoms with van der Waals surface area (Å²) in [5, 5.41) is 0.776. The van der Waals surface area contributed by atoms with Crippen LogP contribution in [0, 0.1) is 0 Å². The molecule has 0 saturated carbocycles. The van der Waals surface area contributed by atoms with Gasteiger partial charge in [0.1, 0.15) is 11.3 Å². The molecular formula is C17H14N2O4. The molecule has 0 aliphatic carbocycles. The molecule has 0 bridgehead atoms. The minimum Gasteiger partial charge on any atom is -0.496 e. The summed E-state index contributed by atoms with van der Waals surface area (Å²) in [5.74, 6) is 5.16. The van der Waals surface area contributed by atoms with Crippen LogP contribution in [-0.2, 0) is 0 Å². The van der Waals surface area contributed by atoms with Crippen molar-refractivity contribution in [2.24, 2.45) is 5.84 Å². The topological polar surface area (TPSA) is 94.6 Å². The summed E-state index contributed by atoms with van der Waals surface area (Å²) in [6.07, 6.45) is 0. The van der Waals surface area contributed by atoms with Crippen LogP contribution in [0.15, 0.2) is 57.7 Å². The second-order valence-corrected chi connectivity index (χ2v) is 4.87. The van der Waals surface area contributed by atoms with E-state index in [9.17, 15) is 9.59 Å². The zero-order valence-electron chi connectivity index (χ0n) is 12.3. The van der Waals surface area contributed by atoms with Crippen molar-refractivity contribution >= 4 is 16.9 Å². The van der Waals surface area contributed by atoms with Crippen LogP contribution in [0.5, 0.6) is 5.75 Å². The lowest BCUT2D eigenvalue weighted by Crippen LogP contribution is -2.30. The highest BCUT2D eigenvalue weighted by atomic mass is 16.5. The number of carbonyl (C=O) groups is 1. The number of benzene rings is 2. The molecule has 0 spiro atoms. The number of carbonyl (C=O) groups excluding carboxylic acids is 1. The van der Waals surface area contributed by atoms with Gasteiger partial charge in [0.15, 0.2) is 0 Å². The third-order valence-electron chi connectivity index (χ3n) is 3.52. The predicted octanol–water partition coefficient (Wildman–Crippen LogP) is 2.07. The number of amides is 1. The van der Waals surface area contributed by atoms with E-state index in [-0.39, 0.29) is 0 Å². The average molecular weight is 310 g/mol. The van der Waals surface area contributed by atoms with Crippen molar-refractivity contribution in [3.63, 3.8) is 0 Å². The highest BCUT2D eigenvalue weighted by Crippen LogP contribution is 2.30. The molecule has 3 N–H and O–H groups in total. The van der Waals surface area contributed by atoms with E-state index in [0.29, 0.717) is 28.0 Å². The normalized spacial score (nSPS) is 10.5. The molecule has 6 heteroatoms. The standard InChI is InChI=1S/C17H14N2O4/c1-22-15-7-6-11(16(20)19-18)9-12(15)13-8-10-4-2-3-5-14(10)23-17(13)21/h2-9H,18H2,1H3,(H,19,20). The molecule has 0 aliphatic heterocycles. The number of ether oxygens (including phenoxy) is 1. The molecule has 1 aromatic heterocycles. The first-order valence-corrected chi connectivity index (χ1v) is 6.86. The van der Waals surface area contributed by atoms with Gasteiger partial charge in [-0.1, -0.05) is 18.2 Å². The number of para-hydroxylation sites is 1. The molecule has 3 aromatic rings. The number of hydrazine groups is 1. The fourth-order valence-electron chi connectivity index (χ4n) is 2.39. The van der Waals surface area contributed by atoms with E-state index in [4.69, 9.17) is 15.0 Å². The summed E-state index contributed by atoms with van der Waals surface area (Å²) in [6.45, 7) is 0. The van der Waals surface area contributed by atoms with Crippen molar-refractivity contribution in [3.8, 4) is 16.9 Å². The average Bonchev–Trinajstić information content (AvgIpc) is 2.59. The Hall–Kier alpha value is -3.12. The molecule has 0 fully saturated rings. The Balaban J connectivity index is 2.26. The predicted molar refractivity (Wildman–Crippen MR) is 86.1 cm³/mol. The van der Waals surface area contributed by atoms with Gasteiger partial charge in [0.05, 0.1) is 12.7 Å². The van der Waals surface area contributed by atoms with E-state index in [0.717, 1.165) is 5.39 Å². The molecule has 6 nitrogen and oxygen atoms in total. The Morgan fingerprint density at radius 1 is 1.13 bits per heavy atom. The van der Waals surface area contributed by atoms with E-state index >= 15 is 0 Å². The molecule has 3 rings (SSSR count). The van der Waals surface area contributed by atoms with Crippen molar-refractivity contribution in [2.75, 3.05) is 7.11 Å². The molecule has 23 heavy (non-hydrogen) atoms. The lowest BCUT2D eigenvalue weighted by Gasteiger charge is -2.10. The van der Waals surface area contributed by atoms with Crippen LogP contribution >= 0.6 is 0 Å². The highest BCUT2D eigenvalue weighted by molar-refractivity contribution is 5.96. The number of rotatable bonds is 3. The van der Waals surface area contributed by atoms with E-state index in [1.54, 1.807) is 36.4 Å².